The van der Waals surface area contributed by atoms with Gasteiger partial charge in [-0.1, -0.05) is 0 Å². The van der Waals surface area contributed by atoms with Gasteiger partial charge >= 0.3 is 5.88 Å². The molecule has 0 bridgehead atoms. The molecule has 1 N–H and O–H groups in total. The van der Waals surface area contributed by atoms with Gasteiger partial charge in [-0.15, -0.1) is 0 Å². The lowest BCUT2D eigenvalue weighted by Gasteiger charge is -2.10. The quantitative estimate of drug-likeness (QED) is 0.673. The molecule has 0 spiro atoms. The molecule has 0 atom stereocenters. The van der Waals surface area contributed by atoms with Crippen LogP contribution in [0.1, 0.15) is 30.4 Å². The lowest BCUT2D eigenvalue weighted by atomic mass is 10.4. The van der Waals surface area contributed by atoms with Crippen molar-refractivity contribution < 1.29 is 14.1 Å². The van der Waals surface area contributed by atoms with Crippen LogP contribution in [0.4, 0.5) is 11.7 Å². The van der Waals surface area contributed by atoms with Crippen molar-refractivity contribution in [2.24, 2.45) is 0 Å². The summed E-state index contributed by atoms with van der Waals surface area (Å²) in [6, 6.07) is 4.10. The zero-order valence-electron chi connectivity index (χ0n) is 10.4. The smallest absolute Gasteiger partial charge is 0.395 e. The Morgan fingerprint density at radius 3 is 2.79 bits per heavy atom. The molecule has 0 unspecified atom stereocenters. The van der Waals surface area contributed by atoms with Gasteiger partial charge in [0.15, 0.2) is 5.76 Å². The first-order valence-electron chi connectivity index (χ1n) is 5.58. The van der Waals surface area contributed by atoms with Crippen LogP contribution in [0.25, 0.3) is 0 Å². The molecule has 19 heavy (non-hydrogen) atoms. The molecule has 2 heterocycles. The molecule has 2 rings (SSSR count). The van der Waals surface area contributed by atoms with Crippen molar-refractivity contribution in [2.75, 3.05) is 5.32 Å². The average Bonchev–Trinajstić information content (AvgIpc) is 2.96. The molecule has 8 heteroatoms. The molecule has 100 valence electrons. The number of hydrogen-bond acceptors (Lipinski definition) is 5. The standard InChI is InChI=1S/C11H12N4O4/c1-7(2)14-9(5-6-12-14)13-11(16)8-3-4-10(19-8)15(17)18/h3-7H,1-2H3,(H,13,16). The van der Waals surface area contributed by atoms with E-state index in [1.165, 1.54) is 6.07 Å². The van der Waals surface area contributed by atoms with Crippen LogP contribution in [0.5, 0.6) is 0 Å². The maximum atomic E-state index is 11.9. The molecule has 8 nitrogen and oxygen atoms in total. The largest absolute Gasteiger partial charge is 0.433 e. The summed E-state index contributed by atoms with van der Waals surface area (Å²) >= 11 is 0. The van der Waals surface area contributed by atoms with Gasteiger partial charge in [0.2, 0.25) is 0 Å². The first-order valence-corrected chi connectivity index (χ1v) is 5.58. The molecule has 0 saturated heterocycles. The highest BCUT2D eigenvalue weighted by molar-refractivity contribution is 6.01. The Kier molecular flexibility index (Phi) is 3.32. The Hall–Kier alpha value is -2.64. The third-order valence-corrected chi connectivity index (χ3v) is 2.40. The minimum atomic E-state index is -0.699. The number of nitrogens with one attached hydrogen (secondary N) is 1. The number of carbonyl (C=O) groups excluding carboxylic acids is 1. The fourth-order valence-electron chi connectivity index (χ4n) is 1.55. The minimum absolute atomic E-state index is 0.0798. The SMILES string of the molecule is CC(C)n1nccc1NC(=O)c1ccc([N+](=O)[O-])o1. The summed E-state index contributed by atoms with van der Waals surface area (Å²) in [5, 5.41) is 17.1. The van der Waals surface area contributed by atoms with Gasteiger partial charge in [0.1, 0.15) is 10.7 Å². The summed E-state index contributed by atoms with van der Waals surface area (Å²) in [5.41, 5.74) is 0. The first kappa shape index (κ1) is 12.8. The number of nitrogens with zero attached hydrogens (tertiary/aromatic N) is 3. The van der Waals surface area contributed by atoms with E-state index in [9.17, 15) is 14.9 Å². The Morgan fingerprint density at radius 1 is 1.47 bits per heavy atom. The minimum Gasteiger partial charge on any atom is -0.395 e. The number of carbonyl (C=O) groups is 1. The normalized spacial score (nSPS) is 10.7. The molecule has 0 aliphatic heterocycles. The van der Waals surface area contributed by atoms with Gasteiger partial charge in [-0.25, -0.2) is 4.68 Å². The van der Waals surface area contributed by atoms with Crippen LogP contribution in [-0.2, 0) is 0 Å². The van der Waals surface area contributed by atoms with Crippen LogP contribution < -0.4 is 5.32 Å². The fourth-order valence-corrected chi connectivity index (χ4v) is 1.55. The molecule has 0 radical (unpaired) electrons. The molecule has 0 fully saturated rings. The zero-order chi connectivity index (χ0) is 14.0. The Balaban J connectivity index is 2.16. The number of furan rings is 1. The lowest BCUT2D eigenvalue weighted by molar-refractivity contribution is -0.402. The van der Waals surface area contributed by atoms with Crippen molar-refractivity contribution in [3.63, 3.8) is 0 Å². The Bertz CT molecular complexity index is 614. The van der Waals surface area contributed by atoms with E-state index in [1.54, 1.807) is 16.9 Å². The molecule has 1 amide bonds. The van der Waals surface area contributed by atoms with Crippen LogP contribution in [0.2, 0.25) is 0 Å². The van der Waals surface area contributed by atoms with E-state index in [4.69, 9.17) is 4.42 Å². The molecular weight excluding hydrogens is 252 g/mol. The van der Waals surface area contributed by atoms with E-state index in [2.05, 4.69) is 10.4 Å². The van der Waals surface area contributed by atoms with Gasteiger partial charge in [-0.05, 0) is 19.9 Å². The van der Waals surface area contributed by atoms with Gasteiger partial charge < -0.3 is 9.73 Å². The van der Waals surface area contributed by atoms with E-state index >= 15 is 0 Å². The summed E-state index contributed by atoms with van der Waals surface area (Å²) in [6.45, 7) is 3.83. The van der Waals surface area contributed by atoms with Crippen LogP contribution >= 0.6 is 0 Å². The van der Waals surface area contributed by atoms with Crippen molar-refractivity contribution in [1.29, 1.82) is 0 Å². The maximum absolute atomic E-state index is 11.9. The van der Waals surface area contributed by atoms with Gasteiger partial charge in [0.05, 0.1) is 12.3 Å². The fraction of sp³-hybridized carbons (Fsp3) is 0.273. The second-order valence-electron chi connectivity index (χ2n) is 4.10. The van der Waals surface area contributed by atoms with Gasteiger partial charge in [0.25, 0.3) is 5.91 Å². The molecule has 0 saturated carbocycles. The van der Waals surface area contributed by atoms with E-state index in [1.807, 2.05) is 13.8 Å². The number of hydrogen-bond donors (Lipinski definition) is 1. The summed E-state index contributed by atoms with van der Waals surface area (Å²) in [7, 11) is 0. The lowest BCUT2D eigenvalue weighted by Crippen LogP contribution is -2.16. The summed E-state index contributed by atoms with van der Waals surface area (Å²) in [4.78, 5) is 21.6. The van der Waals surface area contributed by atoms with Crippen molar-refractivity contribution in [1.82, 2.24) is 9.78 Å². The van der Waals surface area contributed by atoms with E-state index in [-0.39, 0.29) is 11.8 Å². The molecule has 0 aliphatic rings. The first-order chi connectivity index (χ1) is 8.99. The predicted octanol–water partition coefficient (Wildman–Crippen LogP) is 2.22. The third-order valence-electron chi connectivity index (χ3n) is 2.40. The second-order valence-corrected chi connectivity index (χ2v) is 4.10. The molecule has 0 aromatic carbocycles. The molecular formula is C11H12N4O4. The highest BCUT2D eigenvalue weighted by atomic mass is 16.6. The number of amides is 1. The molecule has 0 aliphatic carbocycles. The highest BCUT2D eigenvalue weighted by Crippen LogP contribution is 2.18. The van der Waals surface area contributed by atoms with Crippen molar-refractivity contribution in [3.8, 4) is 0 Å². The van der Waals surface area contributed by atoms with Crippen LogP contribution in [-0.4, -0.2) is 20.6 Å². The highest BCUT2D eigenvalue weighted by Gasteiger charge is 2.18. The Morgan fingerprint density at radius 2 is 2.21 bits per heavy atom. The van der Waals surface area contributed by atoms with Crippen LogP contribution in [0, 0.1) is 10.1 Å². The van der Waals surface area contributed by atoms with Gasteiger partial charge in [-0.3, -0.25) is 14.9 Å². The third kappa shape index (κ3) is 2.62. The summed E-state index contributed by atoms with van der Waals surface area (Å²) in [6.07, 6.45) is 1.56. The van der Waals surface area contributed by atoms with E-state index < -0.39 is 16.7 Å². The van der Waals surface area contributed by atoms with Crippen molar-refractivity contribution in [3.05, 3.63) is 40.3 Å². The topological polar surface area (TPSA) is 103 Å². The number of anilines is 1. The average molecular weight is 264 g/mol. The van der Waals surface area contributed by atoms with E-state index in [0.29, 0.717) is 5.82 Å². The summed E-state index contributed by atoms with van der Waals surface area (Å²) < 4.78 is 6.44. The monoisotopic (exact) mass is 264 g/mol. The van der Waals surface area contributed by atoms with Gasteiger partial charge in [0, 0.05) is 12.1 Å². The second kappa shape index (κ2) is 4.92. The van der Waals surface area contributed by atoms with Crippen LogP contribution in [0.3, 0.4) is 0 Å². The predicted molar refractivity (Wildman–Crippen MR) is 65.9 cm³/mol. The number of nitro groups is 1. The Labute approximate surface area is 108 Å². The van der Waals surface area contributed by atoms with E-state index in [0.717, 1.165) is 6.07 Å². The number of aromatic nitrogens is 2. The zero-order valence-corrected chi connectivity index (χ0v) is 10.4. The summed E-state index contributed by atoms with van der Waals surface area (Å²) in [5.74, 6) is -0.653. The van der Waals surface area contributed by atoms with Crippen molar-refractivity contribution >= 4 is 17.6 Å². The van der Waals surface area contributed by atoms with Gasteiger partial charge in [-0.2, -0.15) is 5.10 Å². The van der Waals surface area contributed by atoms with Crippen LogP contribution in [0.15, 0.2) is 28.8 Å². The maximum Gasteiger partial charge on any atom is 0.433 e. The molecule has 2 aromatic rings. The van der Waals surface area contributed by atoms with Crippen molar-refractivity contribution in [2.45, 2.75) is 19.9 Å². The number of rotatable bonds is 4. The molecule has 2 aromatic heterocycles.